The first-order valence-electron chi connectivity index (χ1n) is 7.89. The van der Waals surface area contributed by atoms with Gasteiger partial charge in [-0.3, -0.25) is 0 Å². The fourth-order valence-corrected chi connectivity index (χ4v) is 4.33. The zero-order valence-electron chi connectivity index (χ0n) is 12.6. The van der Waals surface area contributed by atoms with Crippen LogP contribution < -0.4 is 5.32 Å². The summed E-state index contributed by atoms with van der Waals surface area (Å²) in [7, 11) is 0. The molecule has 2 fully saturated rings. The summed E-state index contributed by atoms with van der Waals surface area (Å²) >= 11 is 0. The van der Waals surface area contributed by atoms with Gasteiger partial charge in [-0.25, -0.2) is 0 Å². The minimum absolute atomic E-state index is 0.316. The molecule has 18 heavy (non-hydrogen) atoms. The number of rotatable bonds is 2. The lowest BCUT2D eigenvalue weighted by molar-refractivity contribution is -0.113. The van der Waals surface area contributed by atoms with Crippen molar-refractivity contribution in [3.8, 4) is 0 Å². The molecule has 1 heterocycles. The number of hydrogen-bond acceptors (Lipinski definition) is 2. The van der Waals surface area contributed by atoms with Crippen molar-refractivity contribution in [3.63, 3.8) is 0 Å². The minimum Gasteiger partial charge on any atom is -0.388 e. The van der Waals surface area contributed by atoms with Crippen LogP contribution in [0, 0.1) is 23.7 Å². The molecule has 2 nitrogen and oxygen atoms in total. The zero-order valence-corrected chi connectivity index (χ0v) is 12.6. The van der Waals surface area contributed by atoms with Crippen LogP contribution in [0.1, 0.15) is 59.8 Å². The van der Waals surface area contributed by atoms with Gasteiger partial charge in [0.2, 0.25) is 0 Å². The Morgan fingerprint density at radius 3 is 2.44 bits per heavy atom. The molecule has 106 valence electrons. The molecule has 0 aromatic rings. The second kappa shape index (κ2) is 5.50. The third kappa shape index (κ3) is 2.75. The van der Waals surface area contributed by atoms with Gasteiger partial charge >= 0.3 is 0 Å². The van der Waals surface area contributed by atoms with Crippen molar-refractivity contribution >= 4 is 0 Å². The van der Waals surface area contributed by atoms with Gasteiger partial charge in [-0.05, 0) is 55.9 Å². The summed E-state index contributed by atoms with van der Waals surface area (Å²) in [5.74, 6) is 2.48. The molecule has 0 aromatic carbocycles. The number of piperidine rings is 1. The van der Waals surface area contributed by atoms with E-state index in [0.717, 1.165) is 25.3 Å². The molecule has 0 aromatic heterocycles. The van der Waals surface area contributed by atoms with Gasteiger partial charge in [-0.2, -0.15) is 0 Å². The van der Waals surface area contributed by atoms with Crippen LogP contribution in [0.25, 0.3) is 0 Å². The van der Waals surface area contributed by atoms with Crippen molar-refractivity contribution in [2.75, 3.05) is 6.54 Å². The van der Waals surface area contributed by atoms with E-state index in [0.29, 0.717) is 23.8 Å². The molecule has 2 heteroatoms. The maximum Gasteiger partial charge on any atom is 0.0833 e. The Labute approximate surface area is 113 Å². The van der Waals surface area contributed by atoms with E-state index in [1.165, 1.54) is 19.3 Å². The van der Waals surface area contributed by atoms with Crippen molar-refractivity contribution in [3.05, 3.63) is 0 Å². The van der Waals surface area contributed by atoms with E-state index in [1.54, 1.807) is 0 Å². The molecule has 1 aliphatic carbocycles. The summed E-state index contributed by atoms with van der Waals surface area (Å²) in [4.78, 5) is 0. The lowest BCUT2D eigenvalue weighted by atomic mass is 9.62. The van der Waals surface area contributed by atoms with Gasteiger partial charge in [-0.15, -0.1) is 0 Å². The number of nitrogens with one attached hydrogen (secondary N) is 1. The Bertz CT molecular complexity index is 278. The van der Waals surface area contributed by atoms with E-state index in [4.69, 9.17) is 0 Å². The van der Waals surface area contributed by atoms with Gasteiger partial charge in [-0.1, -0.05) is 34.1 Å². The van der Waals surface area contributed by atoms with E-state index in [-0.39, 0.29) is 0 Å². The van der Waals surface area contributed by atoms with E-state index in [9.17, 15) is 5.11 Å². The highest BCUT2D eigenvalue weighted by Crippen LogP contribution is 2.44. The molecule has 1 aliphatic heterocycles. The van der Waals surface area contributed by atoms with Crippen molar-refractivity contribution < 1.29 is 5.11 Å². The van der Waals surface area contributed by atoms with Gasteiger partial charge in [0, 0.05) is 6.04 Å². The fraction of sp³-hybridized carbons (Fsp3) is 1.00. The molecular weight excluding hydrogens is 222 g/mol. The first kappa shape index (κ1) is 14.3. The molecular formula is C16H31NO. The van der Waals surface area contributed by atoms with E-state index < -0.39 is 5.60 Å². The van der Waals surface area contributed by atoms with Crippen LogP contribution >= 0.6 is 0 Å². The molecule has 5 atom stereocenters. The van der Waals surface area contributed by atoms with E-state index >= 15 is 0 Å². The highest BCUT2D eigenvalue weighted by Gasteiger charge is 2.48. The van der Waals surface area contributed by atoms with E-state index in [1.807, 2.05) is 0 Å². The highest BCUT2D eigenvalue weighted by molar-refractivity contribution is 5.02. The van der Waals surface area contributed by atoms with Crippen molar-refractivity contribution in [1.29, 1.82) is 0 Å². The van der Waals surface area contributed by atoms with E-state index in [2.05, 4.69) is 33.0 Å². The van der Waals surface area contributed by atoms with Crippen LogP contribution in [-0.2, 0) is 0 Å². The van der Waals surface area contributed by atoms with Crippen LogP contribution in [0.5, 0.6) is 0 Å². The van der Waals surface area contributed by atoms with Crippen molar-refractivity contribution in [2.45, 2.75) is 71.4 Å². The smallest absolute Gasteiger partial charge is 0.0833 e. The molecule has 1 saturated heterocycles. The Kier molecular flexibility index (Phi) is 4.38. The molecule has 0 bridgehead atoms. The maximum atomic E-state index is 11.4. The lowest BCUT2D eigenvalue weighted by Crippen LogP contribution is -2.61. The Morgan fingerprint density at radius 1 is 1.11 bits per heavy atom. The number of aliphatic hydroxyl groups is 1. The first-order valence-corrected chi connectivity index (χ1v) is 7.89. The van der Waals surface area contributed by atoms with Crippen LogP contribution in [-0.4, -0.2) is 23.3 Å². The largest absolute Gasteiger partial charge is 0.388 e. The molecule has 0 radical (unpaired) electrons. The molecule has 2 aliphatic rings. The van der Waals surface area contributed by atoms with Crippen molar-refractivity contribution in [1.82, 2.24) is 5.32 Å². The molecule has 2 N–H and O–H groups in total. The third-order valence-corrected chi connectivity index (χ3v) is 5.36. The van der Waals surface area contributed by atoms with Gasteiger partial charge in [0.1, 0.15) is 0 Å². The van der Waals surface area contributed by atoms with Crippen LogP contribution in [0.4, 0.5) is 0 Å². The second-order valence-corrected chi connectivity index (χ2v) is 7.36. The average molecular weight is 253 g/mol. The van der Waals surface area contributed by atoms with Gasteiger partial charge in [0.15, 0.2) is 0 Å². The summed E-state index contributed by atoms with van der Waals surface area (Å²) < 4.78 is 0. The SMILES string of the molecule is CC1CCNC(C2(O)CC(C)CCC2C(C)C)C1. The molecule has 0 spiro atoms. The summed E-state index contributed by atoms with van der Waals surface area (Å²) in [6.45, 7) is 10.3. The molecule has 5 unspecified atom stereocenters. The number of hydrogen-bond donors (Lipinski definition) is 2. The van der Waals surface area contributed by atoms with Gasteiger partial charge in [0.05, 0.1) is 5.60 Å². The fourth-order valence-electron chi connectivity index (χ4n) is 4.33. The summed E-state index contributed by atoms with van der Waals surface area (Å²) in [5.41, 5.74) is -0.472. The molecule has 0 amide bonds. The second-order valence-electron chi connectivity index (χ2n) is 7.36. The lowest BCUT2D eigenvalue weighted by Gasteiger charge is -2.51. The van der Waals surface area contributed by atoms with Gasteiger partial charge in [0.25, 0.3) is 0 Å². The topological polar surface area (TPSA) is 32.3 Å². The summed E-state index contributed by atoms with van der Waals surface area (Å²) in [5, 5.41) is 15.0. The average Bonchev–Trinajstić information content (AvgIpc) is 2.28. The summed E-state index contributed by atoms with van der Waals surface area (Å²) in [6.07, 6.45) is 5.87. The van der Waals surface area contributed by atoms with Crippen LogP contribution in [0.3, 0.4) is 0 Å². The first-order chi connectivity index (χ1) is 8.43. The zero-order chi connectivity index (χ0) is 13.3. The Hall–Kier alpha value is -0.0800. The van der Waals surface area contributed by atoms with Crippen LogP contribution in [0.2, 0.25) is 0 Å². The normalized spacial score (nSPS) is 46.3. The highest BCUT2D eigenvalue weighted by atomic mass is 16.3. The van der Waals surface area contributed by atoms with Crippen LogP contribution in [0.15, 0.2) is 0 Å². The Balaban J connectivity index is 2.17. The monoisotopic (exact) mass is 253 g/mol. The summed E-state index contributed by atoms with van der Waals surface area (Å²) in [6, 6.07) is 0.316. The third-order valence-electron chi connectivity index (χ3n) is 5.36. The molecule has 1 saturated carbocycles. The predicted molar refractivity (Wildman–Crippen MR) is 76.5 cm³/mol. The van der Waals surface area contributed by atoms with Gasteiger partial charge < -0.3 is 10.4 Å². The Morgan fingerprint density at radius 2 is 1.83 bits per heavy atom. The van der Waals surface area contributed by atoms with Crippen molar-refractivity contribution in [2.24, 2.45) is 23.7 Å². The minimum atomic E-state index is -0.472. The predicted octanol–water partition coefficient (Wildman–Crippen LogP) is 3.20. The maximum absolute atomic E-state index is 11.4. The quantitative estimate of drug-likeness (QED) is 0.792. The standard InChI is InChI=1S/C16H31NO/c1-11(2)14-6-5-13(4)10-16(14,18)15-9-12(3)7-8-17-15/h11-15,17-18H,5-10H2,1-4H3. The molecule has 2 rings (SSSR count).